The normalized spacial score (nSPS) is 19.5. The van der Waals surface area contributed by atoms with Crippen molar-refractivity contribution in [1.82, 2.24) is 5.32 Å². The molecule has 8 heteroatoms. The molecular weight excluding hydrogens is 465 g/mol. The lowest BCUT2D eigenvalue weighted by atomic mass is 9.71. The first-order valence-corrected chi connectivity index (χ1v) is 11.8. The van der Waals surface area contributed by atoms with Gasteiger partial charge in [-0.25, -0.2) is 9.18 Å². The molecule has 2 aliphatic rings. The molecule has 1 aliphatic heterocycles. The number of benzene rings is 2. The average molecular weight is 496 g/mol. The van der Waals surface area contributed by atoms with Crippen LogP contribution in [0.3, 0.4) is 0 Å². The number of carbonyl (C=O) groups excluding carboxylic acids is 2. The van der Waals surface area contributed by atoms with Crippen LogP contribution in [0.2, 0.25) is 0 Å². The molecule has 190 valence electrons. The minimum Gasteiger partial charge on any atom is -0.493 e. The van der Waals surface area contributed by atoms with Gasteiger partial charge in [-0.2, -0.15) is 0 Å². The van der Waals surface area contributed by atoms with Crippen molar-refractivity contribution in [2.24, 2.45) is 0 Å². The van der Waals surface area contributed by atoms with Crippen LogP contribution < -0.4 is 14.8 Å². The Hall–Kier alpha value is -3.65. The maximum absolute atomic E-state index is 15.1. The van der Waals surface area contributed by atoms with Crippen molar-refractivity contribution in [2.45, 2.75) is 31.6 Å². The zero-order valence-electron chi connectivity index (χ0n) is 20.9. The molecule has 2 aromatic carbocycles. The van der Waals surface area contributed by atoms with Crippen molar-refractivity contribution in [3.63, 3.8) is 0 Å². The highest BCUT2D eigenvalue weighted by Crippen LogP contribution is 2.47. The fourth-order valence-corrected chi connectivity index (χ4v) is 4.97. The van der Waals surface area contributed by atoms with Gasteiger partial charge in [0, 0.05) is 36.1 Å². The third-order valence-corrected chi connectivity index (χ3v) is 6.66. The lowest BCUT2D eigenvalue weighted by Gasteiger charge is -2.36. The Kier molecular flexibility index (Phi) is 7.74. The largest absolute Gasteiger partial charge is 0.493 e. The summed E-state index contributed by atoms with van der Waals surface area (Å²) in [6.07, 6.45) is 0.733. The van der Waals surface area contributed by atoms with Crippen molar-refractivity contribution >= 4 is 11.8 Å². The Balaban J connectivity index is 1.75. The molecular formula is C28H30FNO6. The molecule has 0 aromatic heterocycles. The van der Waals surface area contributed by atoms with E-state index in [1.165, 1.54) is 13.2 Å². The second kappa shape index (κ2) is 11.0. The summed E-state index contributed by atoms with van der Waals surface area (Å²) >= 11 is 0. The number of hydrogen-bond donors (Lipinski definition) is 1. The number of nitrogens with one attached hydrogen (secondary N) is 1. The first-order chi connectivity index (χ1) is 17.4. The molecule has 0 fully saturated rings. The molecule has 0 saturated heterocycles. The number of Topliss-reactive ketones (excluding diaryl/α,β-unsaturated/α-hetero) is 1. The fourth-order valence-electron chi connectivity index (χ4n) is 4.97. The second-order valence-corrected chi connectivity index (χ2v) is 8.78. The van der Waals surface area contributed by atoms with E-state index >= 15 is 4.39 Å². The van der Waals surface area contributed by atoms with Gasteiger partial charge in [-0.3, -0.25) is 4.79 Å². The Morgan fingerprint density at radius 2 is 1.78 bits per heavy atom. The van der Waals surface area contributed by atoms with Crippen LogP contribution in [0.1, 0.15) is 42.7 Å². The van der Waals surface area contributed by atoms with Crippen molar-refractivity contribution in [3.8, 4) is 11.5 Å². The maximum atomic E-state index is 15.1. The summed E-state index contributed by atoms with van der Waals surface area (Å²) in [5.74, 6) is -1.03. The van der Waals surface area contributed by atoms with Gasteiger partial charge in [0.25, 0.3) is 0 Å². The molecule has 2 aromatic rings. The van der Waals surface area contributed by atoms with Crippen LogP contribution in [0.15, 0.2) is 65.0 Å². The number of rotatable bonds is 8. The predicted octanol–water partition coefficient (Wildman–Crippen LogP) is 4.39. The Morgan fingerprint density at radius 1 is 1.03 bits per heavy atom. The molecule has 0 radical (unpaired) electrons. The average Bonchev–Trinajstić information content (AvgIpc) is 2.87. The van der Waals surface area contributed by atoms with E-state index in [9.17, 15) is 9.59 Å². The summed E-state index contributed by atoms with van der Waals surface area (Å²) in [4.78, 5) is 26.8. The SMILES string of the molecule is COCCOC(=O)C1=C(C)NC2=C(C(=O)C[C@H](c3ccc(OC)c(OC)c3)C2)[C@@H]1c1ccccc1F. The number of methoxy groups -OCH3 is 3. The Morgan fingerprint density at radius 3 is 2.47 bits per heavy atom. The molecule has 1 aliphatic carbocycles. The molecule has 0 saturated carbocycles. The first kappa shape index (κ1) is 25.4. The molecule has 0 unspecified atom stereocenters. The third-order valence-electron chi connectivity index (χ3n) is 6.66. The zero-order valence-corrected chi connectivity index (χ0v) is 20.9. The number of allylic oxidation sites excluding steroid dienone is 3. The molecule has 2 atom stereocenters. The fraction of sp³-hybridized carbons (Fsp3) is 0.357. The summed E-state index contributed by atoms with van der Waals surface area (Å²) in [6.45, 7) is 2.03. The molecule has 1 heterocycles. The number of ether oxygens (including phenoxy) is 4. The molecule has 0 amide bonds. The predicted molar refractivity (Wildman–Crippen MR) is 131 cm³/mol. The van der Waals surface area contributed by atoms with Gasteiger partial charge in [0.15, 0.2) is 17.3 Å². The number of hydrogen-bond acceptors (Lipinski definition) is 7. The molecule has 0 bridgehead atoms. The van der Waals surface area contributed by atoms with Crippen LogP contribution in [0.5, 0.6) is 11.5 Å². The smallest absolute Gasteiger partial charge is 0.336 e. The summed E-state index contributed by atoms with van der Waals surface area (Å²) in [6, 6.07) is 11.8. The quantitative estimate of drug-likeness (QED) is 0.430. The topological polar surface area (TPSA) is 83.1 Å². The molecule has 1 N–H and O–H groups in total. The lowest BCUT2D eigenvalue weighted by molar-refractivity contribution is -0.140. The number of carbonyl (C=O) groups is 2. The van der Waals surface area contributed by atoms with E-state index in [0.29, 0.717) is 34.9 Å². The first-order valence-electron chi connectivity index (χ1n) is 11.8. The van der Waals surface area contributed by atoms with Gasteiger partial charge in [0.2, 0.25) is 0 Å². The van der Waals surface area contributed by atoms with Crippen molar-refractivity contribution < 1.29 is 32.9 Å². The molecule has 7 nitrogen and oxygen atoms in total. The van der Waals surface area contributed by atoms with Gasteiger partial charge in [-0.05, 0) is 43.0 Å². The van der Waals surface area contributed by atoms with E-state index in [2.05, 4.69) is 5.32 Å². The van der Waals surface area contributed by atoms with Crippen LogP contribution in [0.4, 0.5) is 4.39 Å². The Labute approximate surface area is 209 Å². The van der Waals surface area contributed by atoms with E-state index in [1.807, 2.05) is 18.2 Å². The van der Waals surface area contributed by atoms with Crippen LogP contribution in [0.25, 0.3) is 0 Å². The van der Waals surface area contributed by atoms with Gasteiger partial charge in [-0.15, -0.1) is 0 Å². The number of halogens is 1. The van der Waals surface area contributed by atoms with Gasteiger partial charge in [0.1, 0.15) is 12.4 Å². The van der Waals surface area contributed by atoms with Gasteiger partial charge >= 0.3 is 5.97 Å². The highest BCUT2D eigenvalue weighted by molar-refractivity contribution is 6.04. The zero-order chi connectivity index (χ0) is 25.8. The summed E-state index contributed by atoms with van der Waals surface area (Å²) < 4.78 is 36.2. The second-order valence-electron chi connectivity index (χ2n) is 8.78. The van der Waals surface area contributed by atoms with Crippen molar-refractivity contribution in [3.05, 3.63) is 81.9 Å². The van der Waals surface area contributed by atoms with Gasteiger partial charge in [-0.1, -0.05) is 24.3 Å². The summed E-state index contributed by atoms with van der Waals surface area (Å²) in [7, 11) is 4.65. The molecule has 0 spiro atoms. The van der Waals surface area contributed by atoms with E-state index in [-0.39, 0.29) is 42.5 Å². The molecule has 4 rings (SSSR count). The minimum absolute atomic E-state index is 0.0529. The van der Waals surface area contributed by atoms with Crippen LogP contribution in [0, 0.1) is 5.82 Å². The monoisotopic (exact) mass is 495 g/mol. The van der Waals surface area contributed by atoms with Crippen LogP contribution in [-0.4, -0.2) is 46.3 Å². The maximum Gasteiger partial charge on any atom is 0.336 e. The highest BCUT2D eigenvalue weighted by Gasteiger charge is 2.42. The molecule has 36 heavy (non-hydrogen) atoms. The summed E-state index contributed by atoms with van der Waals surface area (Å²) in [5.41, 5.74) is 3.05. The van der Waals surface area contributed by atoms with Crippen LogP contribution >= 0.6 is 0 Å². The standard InChI is InChI=1S/C28H30FNO6/c1-16-25(28(32)36-12-11-33-2)26(19-7-5-6-8-20(19)29)27-21(30-16)13-18(14-22(27)31)17-9-10-23(34-3)24(15-17)35-4/h5-10,15,18,26,30H,11-14H2,1-4H3/t18-,26-/m1/s1. The Bertz CT molecular complexity index is 1230. The third kappa shape index (κ3) is 4.86. The van der Waals surface area contributed by atoms with E-state index in [0.717, 1.165) is 5.56 Å². The van der Waals surface area contributed by atoms with Gasteiger partial charge < -0.3 is 24.3 Å². The van der Waals surface area contributed by atoms with Crippen LogP contribution in [-0.2, 0) is 19.1 Å². The highest BCUT2D eigenvalue weighted by atomic mass is 19.1. The van der Waals surface area contributed by atoms with Crippen molar-refractivity contribution in [1.29, 1.82) is 0 Å². The van der Waals surface area contributed by atoms with Crippen molar-refractivity contribution in [2.75, 3.05) is 34.5 Å². The van der Waals surface area contributed by atoms with E-state index in [1.54, 1.807) is 39.3 Å². The van der Waals surface area contributed by atoms with Gasteiger partial charge in [0.05, 0.1) is 32.3 Å². The number of ketones is 1. The lowest BCUT2D eigenvalue weighted by Crippen LogP contribution is -2.36. The number of dihydropyridines is 1. The number of esters is 1. The van der Waals surface area contributed by atoms with E-state index < -0.39 is 17.7 Å². The van der Waals surface area contributed by atoms with E-state index in [4.69, 9.17) is 18.9 Å². The summed E-state index contributed by atoms with van der Waals surface area (Å²) in [5, 5.41) is 3.27. The minimum atomic E-state index is -0.864.